The van der Waals surface area contributed by atoms with E-state index in [0.717, 1.165) is 24.3 Å². The molecule has 1 atom stereocenters. The van der Waals surface area contributed by atoms with E-state index < -0.39 is 35.5 Å². The third-order valence-electron chi connectivity index (χ3n) is 4.12. The predicted octanol–water partition coefficient (Wildman–Crippen LogP) is 3.68. The molecule has 0 aromatic heterocycles. The van der Waals surface area contributed by atoms with E-state index in [4.69, 9.17) is 23.2 Å². The normalized spacial score (nSPS) is 12.1. The van der Waals surface area contributed by atoms with Crippen LogP contribution < -0.4 is 16.0 Å². The molecule has 31 heavy (non-hydrogen) atoms. The molecule has 0 saturated carbocycles. The second-order valence-electron chi connectivity index (χ2n) is 6.42. The molecule has 3 N–H and O–H groups in total. The van der Waals surface area contributed by atoms with Crippen molar-refractivity contribution < 1.29 is 27.6 Å². The Morgan fingerprint density at radius 1 is 0.935 bits per heavy atom. The van der Waals surface area contributed by atoms with Gasteiger partial charge in [-0.3, -0.25) is 14.4 Å². The number of carbonyl (C=O) groups excluding carboxylic acids is 3. The second-order valence-corrected chi connectivity index (χ2v) is 7.20. The van der Waals surface area contributed by atoms with E-state index in [1.54, 1.807) is 6.07 Å². The second kappa shape index (κ2) is 10.5. The Labute approximate surface area is 186 Å². The van der Waals surface area contributed by atoms with Gasteiger partial charge < -0.3 is 16.0 Å². The van der Waals surface area contributed by atoms with Gasteiger partial charge in [-0.2, -0.15) is 13.2 Å². The van der Waals surface area contributed by atoms with Crippen LogP contribution in [0.1, 0.15) is 33.2 Å². The number of benzene rings is 2. The summed E-state index contributed by atoms with van der Waals surface area (Å²) >= 11 is 11.8. The Morgan fingerprint density at radius 2 is 1.55 bits per heavy atom. The van der Waals surface area contributed by atoms with Crippen molar-refractivity contribution in [1.82, 2.24) is 16.0 Å². The molecule has 0 aliphatic rings. The van der Waals surface area contributed by atoms with Gasteiger partial charge in [0.05, 0.1) is 21.2 Å². The third kappa shape index (κ3) is 6.86. The van der Waals surface area contributed by atoms with Gasteiger partial charge in [0.25, 0.3) is 11.8 Å². The zero-order valence-corrected chi connectivity index (χ0v) is 17.7. The van der Waals surface area contributed by atoms with Crippen molar-refractivity contribution in [3.63, 3.8) is 0 Å². The van der Waals surface area contributed by atoms with Crippen LogP contribution in [-0.2, 0) is 11.0 Å². The minimum absolute atomic E-state index is 0.0341. The monoisotopic (exact) mass is 475 g/mol. The number of hydrogen-bond donors (Lipinski definition) is 3. The van der Waals surface area contributed by atoms with Gasteiger partial charge in [-0.15, -0.1) is 0 Å². The minimum atomic E-state index is -4.48. The van der Waals surface area contributed by atoms with Gasteiger partial charge in [-0.25, -0.2) is 0 Å². The third-order valence-corrected chi connectivity index (χ3v) is 4.94. The topological polar surface area (TPSA) is 87.3 Å². The molecule has 2 aromatic rings. The summed E-state index contributed by atoms with van der Waals surface area (Å²) < 4.78 is 37.6. The number of halogens is 5. The van der Waals surface area contributed by atoms with Crippen LogP contribution in [0, 0.1) is 0 Å². The quantitative estimate of drug-likeness (QED) is 0.533. The van der Waals surface area contributed by atoms with E-state index in [0.29, 0.717) is 0 Å². The molecule has 6 nitrogen and oxygen atoms in total. The standard InChI is InChI=1S/C20H18Cl2F3N3O3/c1-11(28-19(31)14-3-2-4-15(21)16(14)22)17(29)26-9-10-27-18(30)12-5-7-13(8-6-12)20(23,24)25/h2-8,11H,9-10H2,1H3,(H,26,29)(H,27,30)(H,28,31)/t11-/m0/s1. The summed E-state index contributed by atoms with van der Waals surface area (Å²) in [5.74, 6) is -1.67. The average molecular weight is 476 g/mol. The van der Waals surface area contributed by atoms with Crippen LogP contribution in [0.15, 0.2) is 42.5 Å². The molecule has 2 aromatic carbocycles. The molecule has 0 heterocycles. The van der Waals surface area contributed by atoms with E-state index in [2.05, 4.69) is 16.0 Å². The van der Waals surface area contributed by atoms with Crippen LogP contribution >= 0.6 is 23.2 Å². The van der Waals surface area contributed by atoms with Crippen molar-refractivity contribution in [2.75, 3.05) is 13.1 Å². The molecule has 0 bridgehead atoms. The number of alkyl halides is 3. The summed E-state index contributed by atoms with van der Waals surface area (Å²) in [6, 6.07) is 7.40. The SMILES string of the molecule is C[C@H](NC(=O)c1cccc(Cl)c1Cl)C(=O)NCCNC(=O)c1ccc(C(F)(F)F)cc1. The number of amides is 3. The van der Waals surface area contributed by atoms with Gasteiger partial charge in [0.2, 0.25) is 5.91 Å². The first-order valence-corrected chi connectivity index (χ1v) is 9.74. The van der Waals surface area contributed by atoms with Crippen LogP contribution in [0.25, 0.3) is 0 Å². The zero-order chi connectivity index (χ0) is 23.2. The molecule has 0 radical (unpaired) electrons. The fourth-order valence-corrected chi connectivity index (χ4v) is 2.83. The van der Waals surface area contributed by atoms with Crippen LogP contribution in [-0.4, -0.2) is 36.9 Å². The van der Waals surface area contributed by atoms with E-state index in [-0.39, 0.29) is 34.3 Å². The van der Waals surface area contributed by atoms with E-state index in [1.807, 2.05) is 0 Å². The number of hydrogen-bond acceptors (Lipinski definition) is 3. The molecule has 0 spiro atoms. The number of nitrogens with one attached hydrogen (secondary N) is 3. The van der Waals surface area contributed by atoms with Gasteiger partial charge >= 0.3 is 6.18 Å². The maximum atomic E-state index is 12.5. The van der Waals surface area contributed by atoms with Crippen LogP contribution in [0.3, 0.4) is 0 Å². The lowest BCUT2D eigenvalue weighted by Crippen LogP contribution is -2.46. The van der Waals surface area contributed by atoms with Gasteiger partial charge in [0.15, 0.2) is 0 Å². The minimum Gasteiger partial charge on any atom is -0.353 e. The van der Waals surface area contributed by atoms with Crippen molar-refractivity contribution in [1.29, 1.82) is 0 Å². The lowest BCUT2D eigenvalue weighted by atomic mass is 10.1. The van der Waals surface area contributed by atoms with E-state index >= 15 is 0 Å². The van der Waals surface area contributed by atoms with Crippen LogP contribution in [0.4, 0.5) is 13.2 Å². The highest BCUT2D eigenvalue weighted by molar-refractivity contribution is 6.43. The largest absolute Gasteiger partial charge is 0.416 e. The van der Waals surface area contributed by atoms with Crippen molar-refractivity contribution in [2.45, 2.75) is 19.1 Å². The van der Waals surface area contributed by atoms with Crippen molar-refractivity contribution in [2.24, 2.45) is 0 Å². The summed E-state index contributed by atoms with van der Waals surface area (Å²) in [5.41, 5.74) is -0.678. The Morgan fingerprint density at radius 3 is 2.16 bits per heavy atom. The summed E-state index contributed by atoms with van der Waals surface area (Å²) in [6.45, 7) is 1.54. The molecule has 0 unspecified atom stereocenters. The highest BCUT2D eigenvalue weighted by Gasteiger charge is 2.30. The fraction of sp³-hybridized carbons (Fsp3) is 0.250. The summed E-state index contributed by atoms with van der Waals surface area (Å²) in [6.07, 6.45) is -4.48. The van der Waals surface area contributed by atoms with Crippen LogP contribution in [0.5, 0.6) is 0 Å². The van der Waals surface area contributed by atoms with Gasteiger partial charge in [0.1, 0.15) is 6.04 Å². The van der Waals surface area contributed by atoms with Crippen molar-refractivity contribution >= 4 is 40.9 Å². The first-order valence-electron chi connectivity index (χ1n) is 8.98. The molecule has 3 amide bonds. The first-order chi connectivity index (χ1) is 14.5. The van der Waals surface area contributed by atoms with Gasteiger partial charge in [-0.05, 0) is 43.3 Å². The highest BCUT2D eigenvalue weighted by atomic mass is 35.5. The van der Waals surface area contributed by atoms with Gasteiger partial charge in [0, 0.05) is 18.7 Å². The Bertz CT molecular complexity index is 966. The molecule has 166 valence electrons. The van der Waals surface area contributed by atoms with Crippen molar-refractivity contribution in [3.05, 3.63) is 69.2 Å². The van der Waals surface area contributed by atoms with Gasteiger partial charge in [-0.1, -0.05) is 29.3 Å². The Hall–Kier alpha value is -2.78. The molecule has 0 aliphatic carbocycles. The maximum Gasteiger partial charge on any atom is 0.416 e. The summed E-state index contributed by atoms with van der Waals surface area (Å²) in [7, 11) is 0. The molecule has 0 aliphatic heterocycles. The molecule has 0 fully saturated rings. The first kappa shape index (κ1) is 24.5. The predicted molar refractivity (Wildman–Crippen MR) is 110 cm³/mol. The maximum absolute atomic E-state index is 12.5. The molecule has 11 heteroatoms. The summed E-state index contributed by atoms with van der Waals surface area (Å²) in [4.78, 5) is 36.3. The lowest BCUT2D eigenvalue weighted by Gasteiger charge is -2.15. The molecular formula is C20H18Cl2F3N3O3. The Kier molecular flexibility index (Phi) is 8.29. The lowest BCUT2D eigenvalue weighted by molar-refractivity contribution is -0.137. The molecule has 0 saturated heterocycles. The van der Waals surface area contributed by atoms with E-state index in [9.17, 15) is 27.6 Å². The number of rotatable bonds is 7. The molecule has 2 rings (SSSR count). The average Bonchev–Trinajstić information content (AvgIpc) is 2.72. The Balaban J connectivity index is 1.77. The fourth-order valence-electron chi connectivity index (χ4n) is 2.45. The van der Waals surface area contributed by atoms with Crippen molar-refractivity contribution in [3.8, 4) is 0 Å². The summed E-state index contributed by atoms with van der Waals surface area (Å²) in [5, 5.41) is 7.76. The zero-order valence-electron chi connectivity index (χ0n) is 16.1. The van der Waals surface area contributed by atoms with Crippen LogP contribution in [0.2, 0.25) is 10.0 Å². The highest BCUT2D eigenvalue weighted by Crippen LogP contribution is 2.29. The molecular weight excluding hydrogens is 458 g/mol. The van der Waals surface area contributed by atoms with E-state index in [1.165, 1.54) is 19.1 Å². The number of carbonyl (C=O) groups is 3. The smallest absolute Gasteiger partial charge is 0.353 e.